The average molecular weight is 235 g/mol. The zero-order chi connectivity index (χ0) is 12.3. The second-order valence-electron chi connectivity index (χ2n) is 5.74. The molecule has 2 saturated carbocycles. The molecule has 0 saturated heterocycles. The van der Waals surface area contributed by atoms with Crippen molar-refractivity contribution >= 4 is 0 Å². The van der Waals surface area contributed by atoms with E-state index >= 15 is 0 Å². The third-order valence-electron chi connectivity index (χ3n) is 4.41. The van der Waals surface area contributed by atoms with Crippen molar-refractivity contribution in [3.63, 3.8) is 0 Å². The first-order chi connectivity index (χ1) is 8.22. The first-order valence-corrected chi connectivity index (χ1v) is 7.08. The third kappa shape index (κ3) is 2.81. The zero-order valence-electron chi connectivity index (χ0n) is 11.2. The summed E-state index contributed by atoms with van der Waals surface area (Å²) >= 11 is 0. The predicted octanol–water partition coefficient (Wildman–Crippen LogP) is 2.14. The summed E-state index contributed by atoms with van der Waals surface area (Å²) in [6.07, 6.45) is 7.79. The maximum absolute atomic E-state index is 9.57. The van der Waals surface area contributed by atoms with Gasteiger partial charge in [0.1, 0.15) is 5.54 Å². The van der Waals surface area contributed by atoms with Crippen LogP contribution in [0.3, 0.4) is 0 Å². The van der Waals surface area contributed by atoms with Gasteiger partial charge in [0, 0.05) is 12.6 Å². The van der Waals surface area contributed by atoms with Gasteiger partial charge in [-0.1, -0.05) is 19.8 Å². The van der Waals surface area contributed by atoms with Crippen LogP contribution in [0.25, 0.3) is 0 Å². The Balaban J connectivity index is 1.98. The smallest absolute Gasteiger partial charge is 0.122 e. The molecule has 0 radical (unpaired) electrons. The highest BCUT2D eigenvalue weighted by molar-refractivity contribution is 5.16. The number of nitrogens with one attached hydrogen (secondary N) is 1. The van der Waals surface area contributed by atoms with Gasteiger partial charge < -0.3 is 4.90 Å². The standard InChI is InChI=1S/C14H25N3/c1-3-16-14(10-15,12-8-9-12)11-17(2)13-6-4-5-7-13/h12-13,16H,3-9,11H2,1-2H3. The first kappa shape index (κ1) is 12.9. The Morgan fingerprint density at radius 2 is 1.94 bits per heavy atom. The summed E-state index contributed by atoms with van der Waals surface area (Å²) in [7, 11) is 2.20. The highest BCUT2D eigenvalue weighted by Gasteiger charge is 2.46. The molecule has 96 valence electrons. The van der Waals surface area contributed by atoms with Gasteiger partial charge in [0.05, 0.1) is 6.07 Å². The molecule has 3 nitrogen and oxygen atoms in total. The van der Waals surface area contributed by atoms with Crippen LogP contribution in [0.1, 0.15) is 45.4 Å². The molecule has 0 spiro atoms. The second kappa shape index (κ2) is 5.37. The van der Waals surface area contributed by atoms with Gasteiger partial charge in [-0.15, -0.1) is 0 Å². The average Bonchev–Trinajstić information content (AvgIpc) is 3.04. The van der Waals surface area contributed by atoms with Crippen molar-refractivity contribution in [2.45, 2.75) is 57.0 Å². The summed E-state index contributed by atoms with van der Waals surface area (Å²) in [6.45, 7) is 3.89. The van der Waals surface area contributed by atoms with Gasteiger partial charge in [-0.25, -0.2) is 0 Å². The Hall–Kier alpha value is -0.590. The fourth-order valence-electron chi connectivity index (χ4n) is 3.25. The molecule has 2 fully saturated rings. The summed E-state index contributed by atoms with van der Waals surface area (Å²) in [5.74, 6) is 0.580. The molecule has 2 aliphatic carbocycles. The summed E-state index contributed by atoms with van der Waals surface area (Å²) < 4.78 is 0. The van der Waals surface area contributed by atoms with Crippen LogP contribution in [-0.4, -0.2) is 36.6 Å². The SMILES string of the molecule is CCNC(C#N)(CN(C)C1CCCC1)C1CC1. The van der Waals surface area contributed by atoms with E-state index in [0.29, 0.717) is 12.0 Å². The van der Waals surface area contributed by atoms with Gasteiger partial charge in [-0.2, -0.15) is 5.26 Å². The molecule has 3 heteroatoms. The lowest BCUT2D eigenvalue weighted by Crippen LogP contribution is -2.55. The van der Waals surface area contributed by atoms with E-state index in [-0.39, 0.29) is 5.54 Å². The molecular weight excluding hydrogens is 210 g/mol. The van der Waals surface area contributed by atoms with E-state index in [1.165, 1.54) is 38.5 Å². The minimum atomic E-state index is -0.286. The molecule has 0 aromatic rings. The van der Waals surface area contributed by atoms with Crippen LogP contribution in [0.15, 0.2) is 0 Å². The molecule has 0 bridgehead atoms. The molecular formula is C14H25N3. The van der Waals surface area contributed by atoms with Gasteiger partial charge in [-0.3, -0.25) is 5.32 Å². The van der Waals surface area contributed by atoms with E-state index in [1.807, 2.05) is 0 Å². The third-order valence-corrected chi connectivity index (χ3v) is 4.41. The van der Waals surface area contributed by atoms with Crippen molar-refractivity contribution in [3.05, 3.63) is 0 Å². The van der Waals surface area contributed by atoms with Gasteiger partial charge in [0.25, 0.3) is 0 Å². The van der Waals surface area contributed by atoms with E-state index < -0.39 is 0 Å². The molecule has 0 aromatic carbocycles. The van der Waals surface area contributed by atoms with E-state index in [1.54, 1.807) is 0 Å². The molecule has 0 aliphatic heterocycles. The summed E-state index contributed by atoms with van der Waals surface area (Å²) in [4.78, 5) is 2.43. The van der Waals surface area contributed by atoms with Crippen LogP contribution in [-0.2, 0) is 0 Å². The Morgan fingerprint density at radius 3 is 2.41 bits per heavy atom. The van der Waals surface area contributed by atoms with E-state index in [4.69, 9.17) is 0 Å². The molecule has 17 heavy (non-hydrogen) atoms. The zero-order valence-corrected chi connectivity index (χ0v) is 11.2. The van der Waals surface area contributed by atoms with Crippen molar-refractivity contribution in [3.8, 4) is 6.07 Å². The lowest BCUT2D eigenvalue weighted by molar-refractivity contribution is 0.180. The molecule has 2 aliphatic rings. The maximum Gasteiger partial charge on any atom is 0.122 e. The van der Waals surface area contributed by atoms with Gasteiger partial charge in [0.15, 0.2) is 0 Å². The largest absolute Gasteiger partial charge is 0.301 e. The fraction of sp³-hybridized carbons (Fsp3) is 0.929. The molecule has 0 amide bonds. The minimum Gasteiger partial charge on any atom is -0.301 e. The Morgan fingerprint density at radius 1 is 1.29 bits per heavy atom. The monoisotopic (exact) mass is 235 g/mol. The molecule has 1 unspecified atom stereocenters. The van der Waals surface area contributed by atoms with Crippen molar-refractivity contribution < 1.29 is 0 Å². The van der Waals surface area contributed by atoms with Crippen LogP contribution in [0.4, 0.5) is 0 Å². The maximum atomic E-state index is 9.57. The van der Waals surface area contributed by atoms with Gasteiger partial charge >= 0.3 is 0 Å². The van der Waals surface area contributed by atoms with Crippen molar-refractivity contribution in [2.24, 2.45) is 5.92 Å². The normalized spacial score (nSPS) is 24.8. The lowest BCUT2D eigenvalue weighted by atomic mass is 9.93. The van der Waals surface area contributed by atoms with Crippen LogP contribution in [0, 0.1) is 17.2 Å². The van der Waals surface area contributed by atoms with Gasteiger partial charge in [-0.05, 0) is 45.2 Å². The minimum absolute atomic E-state index is 0.286. The van der Waals surface area contributed by atoms with Crippen molar-refractivity contribution in [2.75, 3.05) is 20.1 Å². The highest BCUT2D eigenvalue weighted by atomic mass is 15.2. The number of nitriles is 1. The van der Waals surface area contributed by atoms with Crippen LogP contribution in [0.2, 0.25) is 0 Å². The number of likely N-dealkylation sites (N-methyl/N-ethyl adjacent to an activating group) is 2. The number of hydrogen-bond acceptors (Lipinski definition) is 3. The van der Waals surface area contributed by atoms with Crippen LogP contribution < -0.4 is 5.32 Å². The summed E-state index contributed by atoms with van der Waals surface area (Å²) in [5, 5.41) is 13.0. The van der Waals surface area contributed by atoms with Crippen molar-refractivity contribution in [1.82, 2.24) is 10.2 Å². The number of rotatable bonds is 6. The first-order valence-electron chi connectivity index (χ1n) is 7.08. The predicted molar refractivity (Wildman–Crippen MR) is 69.6 cm³/mol. The quantitative estimate of drug-likeness (QED) is 0.766. The van der Waals surface area contributed by atoms with E-state index in [0.717, 1.165) is 13.1 Å². The number of nitrogens with zero attached hydrogens (tertiary/aromatic N) is 2. The Bertz CT molecular complexity index is 286. The molecule has 0 aromatic heterocycles. The highest BCUT2D eigenvalue weighted by Crippen LogP contribution is 2.40. The van der Waals surface area contributed by atoms with Crippen molar-refractivity contribution in [1.29, 1.82) is 5.26 Å². The van der Waals surface area contributed by atoms with Crippen LogP contribution >= 0.6 is 0 Å². The summed E-state index contributed by atoms with van der Waals surface area (Å²) in [6, 6.07) is 3.29. The Labute approximate surface area is 105 Å². The van der Waals surface area contributed by atoms with Crippen LogP contribution in [0.5, 0.6) is 0 Å². The lowest BCUT2D eigenvalue weighted by Gasteiger charge is -2.35. The fourth-order valence-corrected chi connectivity index (χ4v) is 3.25. The molecule has 1 atom stereocenters. The Kier molecular flexibility index (Phi) is 4.06. The molecule has 2 rings (SSSR count). The van der Waals surface area contributed by atoms with E-state index in [2.05, 4.69) is 30.3 Å². The van der Waals surface area contributed by atoms with E-state index in [9.17, 15) is 5.26 Å². The van der Waals surface area contributed by atoms with Gasteiger partial charge in [0.2, 0.25) is 0 Å². The summed E-state index contributed by atoms with van der Waals surface area (Å²) in [5.41, 5.74) is -0.286. The molecule has 1 N–H and O–H groups in total. The molecule has 0 heterocycles. The second-order valence-corrected chi connectivity index (χ2v) is 5.74. The topological polar surface area (TPSA) is 39.1 Å². The number of hydrogen-bond donors (Lipinski definition) is 1.